The number of piperidine rings is 1. The lowest BCUT2D eigenvalue weighted by Gasteiger charge is -2.41. The van der Waals surface area contributed by atoms with Crippen LogP contribution in [0.2, 0.25) is 0 Å². The van der Waals surface area contributed by atoms with Gasteiger partial charge in [0.2, 0.25) is 0 Å². The molecule has 7 aliphatic rings. The molecular weight excluding hydrogens is 308 g/mol. The number of rotatable bonds is 1. The van der Waals surface area contributed by atoms with E-state index < -0.39 is 17.1 Å². The van der Waals surface area contributed by atoms with Gasteiger partial charge in [-0.25, -0.2) is 10.2 Å². The summed E-state index contributed by atoms with van der Waals surface area (Å²) in [6.45, 7) is 5.24. The van der Waals surface area contributed by atoms with Crippen LogP contribution in [0.3, 0.4) is 0 Å². The summed E-state index contributed by atoms with van der Waals surface area (Å²) in [5.41, 5.74) is 1.47. The molecule has 0 aromatic rings. The van der Waals surface area contributed by atoms with Crippen molar-refractivity contribution >= 4 is 17.9 Å². The van der Waals surface area contributed by atoms with Crippen molar-refractivity contribution < 1.29 is 19.1 Å². The minimum atomic E-state index is -0.748. The topological polar surface area (TPSA) is 75.7 Å². The van der Waals surface area contributed by atoms with E-state index in [-0.39, 0.29) is 29.6 Å². The number of hydrogen-bond acceptors (Lipinski definition) is 4. The summed E-state index contributed by atoms with van der Waals surface area (Å²) in [6.07, 6.45) is 4.92. The molecule has 24 heavy (non-hydrogen) atoms. The smallest absolute Gasteiger partial charge is 0.427 e. The van der Waals surface area contributed by atoms with E-state index in [2.05, 4.69) is 17.6 Å². The average molecular weight is 328 g/mol. The van der Waals surface area contributed by atoms with Gasteiger partial charge in [-0.3, -0.25) is 9.59 Å². The molecule has 7 rings (SSSR count). The van der Waals surface area contributed by atoms with Crippen LogP contribution in [0.1, 0.15) is 27.2 Å². The van der Waals surface area contributed by atoms with Crippen molar-refractivity contribution in [3.05, 3.63) is 12.2 Å². The zero-order valence-corrected chi connectivity index (χ0v) is 13.9. The predicted octanol–water partition coefficient (Wildman–Crippen LogP) is 1.48. The quantitative estimate of drug-likeness (QED) is 0.584. The number of hydrazine groups is 1. The van der Waals surface area contributed by atoms with E-state index in [4.69, 9.17) is 4.74 Å². The van der Waals surface area contributed by atoms with Gasteiger partial charge in [-0.05, 0) is 62.2 Å². The molecule has 3 amide bonds. The lowest BCUT2D eigenvalue weighted by Crippen LogP contribution is -2.53. The Labute approximate surface area is 139 Å². The first-order valence-corrected chi connectivity index (χ1v) is 8.81. The SMILES string of the molecule is CC(C)(C)OC(=O)NN1C(=O)C2[C@H]3C4C=CC([C@]56C[C@@H]5C46)[C@]23C1=O. The molecule has 6 nitrogen and oxygen atoms in total. The van der Waals surface area contributed by atoms with E-state index >= 15 is 0 Å². The van der Waals surface area contributed by atoms with E-state index in [1.54, 1.807) is 20.8 Å². The minimum absolute atomic E-state index is 0.174. The van der Waals surface area contributed by atoms with Gasteiger partial charge in [0.15, 0.2) is 0 Å². The molecule has 1 N–H and O–H groups in total. The van der Waals surface area contributed by atoms with E-state index in [1.807, 2.05) is 0 Å². The Bertz CT molecular complexity index is 782. The molecule has 1 saturated heterocycles. The maximum Gasteiger partial charge on any atom is 0.427 e. The van der Waals surface area contributed by atoms with Gasteiger partial charge in [-0.1, -0.05) is 12.2 Å². The largest absolute Gasteiger partial charge is 0.443 e. The van der Waals surface area contributed by atoms with E-state index in [9.17, 15) is 14.4 Å². The second kappa shape index (κ2) is 3.28. The number of allylic oxidation sites excluding steroid dienone is 2. The Morgan fingerprint density at radius 1 is 1.29 bits per heavy atom. The van der Waals surface area contributed by atoms with Gasteiger partial charge in [0.05, 0.1) is 11.3 Å². The molecule has 4 saturated carbocycles. The molecule has 126 valence electrons. The van der Waals surface area contributed by atoms with Crippen molar-refractivity contribution in [1.29, 1.82) is 0 Å². The molecule has 6 heteroatoms. The van der Waals surface area contributed by atoms with E-state index in [0.29, 0.717) is 11.3 Å². The van der Waals surface area contributed by atoms with Crippen molar-refractivity contribution in [2.75, 3.05) is 0 Å². The maximum atomic E-state index is 13.1. The summed E-state index contributed by atoms with van der Waals surface area (Å²) in [6, 6.07) is 0. The summed E-state index contributed by atoms with van der Waals surface area (Å²) < 4.78 is 5.19. The normalized spacial score (nSPS) is 53.9. The van der Waals surface area contributed by atoms with Crippen LogP contribution in [0.4, 0.5) is 4.79 Å². The lowest BCUT2D eigenvalue weighted by molar-refractivity contribution is -0.150. The summed E-state index contributed by atoms with van der Waals surface area (Å²) in [4.78, 5) is 37.9. The highest BCUT2D eigenvalue weighted by molar-refractivity contribution is 6.13. The standard InChI is InChI=1S/C18H20N2O4/c1-16(2,3)24-15(23)19-20-13(21)12-11-7-4-5-9(18(11,12)14(20)22)17-6-8(17)10(7)17/h4-5,7-12H,6H2,1-3H3,(H,19,23)/t7?,8-,9?,10?,11-,12?,17+,18-/m1/s1. The third-order valence-electron chi connectivity index (χ3n) is 7.48. The second-order valence-corrected chi connectivity index (χ2v) is 9.42. The predicted molar refractivity (Wildman–Crippen MR) is 80.8 cm³/mol. The fraction of sp³-hybridized carbons (Fsp3) is 0.722. The van der Waals surface area contributed by atoms with Crippen LogP contribution in [-0.2, 0) is 14.3 Å². The number of carbonyl (C=O) groups excluding carboxylic acids is 3. The fourth-order valence-corrected chi connectivity index (χ4v) is 6.75. The molecule has 2 bridgehead atoms. The van der Waals surface area contributed by atoms with Crippen LogP contribution in [0.25, 0.3) is 0 Å². The van der Waals surface area contributed by atoms with Gasteiger partial charge in [0.25, 0.3) is 11.8 Å². The summed E-state index contributed by atoms with van der Waals surface area (Å²) in [7, 11) is 0. The highest BCUT2D eigenvalue weighted by atomic mass is 16.6. The zero-order chi connectivity index (χ0) is 16.8. The summed E-state index contributed by atoms with van der Waals surface area (Å²) in [5.74, 6) is 1.57. The third kappa shape index (κ3) is 1.12. The molecular formula is C18H20N2O4. The number of nitrogens with one attached hydrogen (secondary N) is 1. The Hall–Kier alpha value is -1.85. The fourth-order valence-electron chi connectivity index (χ4n) is 6.75. The first kappa shape index (κ1) is 13.4. The Balaban J connectivity index is 1.30. The molecule has 0 aromatic carbocycles. The van der Waals surface area contributed by atoms with Gasteiger partial charge < -0.3 is 4.74 Å². The zero-order valence-electron chi connectivity index (χ0n) is 13.9. The number of hydrogen-bond donors (Lipinski definition) is 1. The minimum Gasteiger partial charge on any atom is -0.443 e. The van der Waals surface area contributed by atoms with Gasteiger partial charge in [0.1, 0.15) is 5.60 Å². The molecule has 1 heterocycles. The maximum absolute atomic E-state index is 13.1. The van der Waals surface area contributed by atoms with Crippen molar-refractivity contribution in [3.63, 3.8) is 0 Å². The Morgan fingerprint density at radius 3 is 2.71 bits per heavy atom. The first-order valence-electron chi connectivity index (χ1n) is 8.81. The number of ether oxygens (including phenoxy) is 1. The molecule has 8 atom stereocenters. The molecule has 6 aliphatic carbocycles. The van der Waals surface area contributed by atoms with Gasteiger partial charge >= 0.3 is 6.09 Å². The molecule has 2 spiro atoms. The number of amides is 3. The van der Waals surface area contributed by atoms with Crippen LogP contribution >= 0.6 is 0 Å². The molecule has 1 aliphatic heterocycles. The molecule has 0 aromatic heterocycles. The third-order valence-corrected chi connectivity index (χ3v) is 7.48. The van der Waals surface area contributed by atoms with E-state index in [0.717, 1.165) is 16.8 Å². The van der Waals surface area contributed by atoms with Crippen molar-refractivity contribution in [3.8, 4) is 0 Å². The van der Waals surface area contributed by atoms with Crippen molar-refractivity contribution in [2.24, 2.45) is 46.3 Å². The van der Waals surface area contributed by atoms with E-state index in [1.165, 1.54) is 6.42 Å². The van der Waals surface area contributed by atoms with Crippen LogP contribution in [0.5, 0.6) is 0 Å². The Kier molecular flexibility index (Phi) is 1.84. The first-order chi connectivity index (χ1) is 11.2. The molecule has 0 radical (unpaired) electrons. The highest BCUT2D eigenvalue weighted by Crippen LogP contribution is 2.97. The highest BCUT2D eigenvalue weighted by Gasteiger charge is 2.98. The summed E-state index contributed by atoms with van der Waals surface area (Å²) >= 11 is 0. The van der Waals surface area contributed by atoms with Crippen LogP contribution in [-0.4, -0.2) is 28.5 Å². The lowest BCUT2D eigenvalue weighted by atomic mass is 9.63. The Morgan fingerprint density at radius 2 is 2.04 bits per heavy atom. The molecule has 5 fully saturated rings. The number of nitrogens with zero attached hydrogens (tertiary/aromatic N) is 1. The second-order valence-electron chi connectivity index (χ2n) is 9.42. The number of carbonyl (C=O) groups is 3. The van der Waals surface area contributed by atoms with Crippen molar-refractivity contribution in [2.45, 2.75) is 32.8 Å². The van der Waals surface area contributed by atoms with Gasteiger partial charge in [0, 0.05) is 0 Å². The van der Waals surface area contributed by atoms with Crippen molar-refractivity contribution in [1.82, 2.24) is 10.4 Å². The average Bonchev–Trinajstić information content (AvgIpc) is 3.32. The van der Waals surface area contributed by atoms with Crippen LogP contribution in [0, 0.1) is 46.3 Å². The van der Waals surface area contributed by atoms with Crippen LogP contribution < -0.4 is 5.43 Å². The van der Waals surface area contributed by atoms with Gasteiger partial charge in [-0.15, -0.1) is 0 Å². The van der Waals surface area contributed by atoms with Gasteiger partial charge in [-0.2, -0.15) is 5.01 Å². The number of imide groups is 1. The monoisotopic (exact) mass is 328 g/mol. The molecule has 4 unspecified atom stereocenters. The van der Waals surface area contributed by atoms with Crippen LogP contribution in [0.15, 0.2) is 12.2 Å². The summed E-state index contributed by atoms with van der Waals surface area (Å²) in [5, 5.41) is 0.940.